The van der Waals surface area contributed by atoms with Crippen LogP contribution >= 0.6 is 0 Å². The number of carbonyl (C=O) groups is 1. The highest BCUT2D eigenvalue weighted by molar-refractivity contribution is 5.99. The molecule has 1 aromatic carbocycles. The third kappa shape index (κ3) is 3.37. The third-order valence-corrected chi connectivity index (χ3v) is 5.68. The summed E-state index contributed by atoms with van der Waals surface area (Å²) in [6, 6.07) is 8.27. The first-order valence-electron chi connectivity index (χ1n) is 10.1. The first kappa shape index (κ1) is 17.8. The second-order valence-corrected chi connectivity index (χ2v) is 7.61. The molecule has 5 rings (SSSR count). The fraction of sp³-hybridized carbons (Fsp3) is 0.364. The zero-order chi connectivity index (χ0) is 19.8. The van der Waals surface area contributed by atoms with E-state index in [2.05, 4.69) is 46.3 Å². The molecule has 0 radical (unpaired) electrons. The minimum atomic E-state index is -0.0526. The van der Waals surface area contributed by atoms with Crippen molar-refractivity contribution in [1.82, 2.24) is 24.6 Å². The summed E-state index contributed by atoms with van der Waals surface area (Å²) in [5, 5.41) is 4.33. The van der Waals surface area contributed by atoms with Gasteiger partial charge in [-0.2, -0.15) is 5.10 Å². The highest BCUT2D eigenvalue weighted by atomic mass is 16.5. The molecule has 7 nitrogen and oxygen atoms in total. The van der Waals surface area contributed by atoms with Gasteiger partial charge in [-0.3, -0.25) is 9.48 Å². The van der Waals surface area contributed by atoms with E-state index in [-0.39, 0.29) is 12.0 Å². The molecule has 1 aliphatic carbocycles. The average Bonchev–Trinajstić information content (AvgIpc) is 3.31. The normalized spacial score (nSPS) is 16.0. The molecule has 0 unspecified atom stereocenters. The third-order valence-electron chi connectivity index (χ3n) is 5.68. The van der Waals surface area contributed by atoms with Crippen LogP contribution in [0.4, 0.5) is 0 Å². The van der Waals surface area contributed by atoms with E-state index < -0.39 is 0 Å². The number of nitrogens with zero attached hydrogens (tertiary/aromatic N) is 5. The zero-order valence-corrected chi connectivity index (χ0v) is 16.4. The van der Waals surface area contributed by atoms with Gasteiger partial charge in [0, 0.05) is 24.8 Å². The van der Waals surface area contributed by atoms with Crippen molar-refractivity contribution in [2.75, 3.05) is 0 Å². The molecule has 1 amide bonds. The molecule has 0 saturated heterocycles. The van der Waals surface area contributed by atoms with Crippen molar-refractivity contribution in [3.8, 4) is 17.0 Å². The topological polar surface area (TPSA) is 73.1 Å². The van der Waals surface area contributed by atoms with Gasteiger partial charge in [0.1, 0.15) is 18.0 Å². The van der Waals surface area contributed by atoms with Crippen LogP contribution in [0.15, 0.2) is 43.0 Å². The summed E-state index contributed by atoms with van der Waals surface area (Å²) in [5.41, 5.74) is 4.57. The second-order valence-electron chi connectivity index (χ2n) is 7.61. The lowest BCUT2D eigenvalue weighted by molar-refractivity contribution is 0.0750. The monoisotopic (exact) mass is 389 g/mol. The molecule has 7 heteroatoms. The van der Waals surface area contributed by atoms with Crippen molar-refractivity contribution in [3.63, 3.8) is 0 Å². The molecule has 2 aromatic heterocycles. The molecule has 148 valence electrons. The number of fused-ring (bicyclic) bond motifs is 1. The molecule has 0 atom stereocenters. The van der Waals surface area contributed by atoms with Crippen molar-refractivity contribution in [3.05, 3.63) is 59.8 Å². The maximum atomic E-state index is 13.0. The number of aromatic nitrogens is 4. The van der Waals surface area contributed by atoms with Crippen LogP contribution in [-0.2, 0) is 19.6 Å². The first-order chi connectivity index (χ1) is 14.2. The minimum absolute atomic E-state index is 0.0526. The summed E-state index contributed by atoms with van der Waals surface area (Å²) in [7, 11) is 0. The van der Waals surface area contributed by atoms with Crippen LogP contribution in [0.1, 0.15) is 47.8 Å². The summed E-state index contributed by atoms with van der Waals surface area (Å²) in [4.78, 5) is 23.3. The Morgan fingerprint density at radius 1 is 1.14 bits per heavy atom. The second kappa shape index (κ2) is 7.31. The Kier molecular flexibility index (Phi) is 4.50. The Hall–Kier alpha value is -3.22. The summed E-state index contributed by atoms with van der Waals surface area (Å²) < 4.78 is 7.84. The van der Waals surface area contributed by atoms with E-state index in [9.17, 15) is 4.79 Å². The van der Waals surface area contributed by atoms with Crippen LogP contribution in [0.5, 0.6) is 5.88 Å². The fourth-order valence-corrected chi connectivity index (χ4v) is 3.72. The van der Waals surface area contributed by atoms with Gasteiger partial charge in [-0.1, -0.05) is 24.3 Å². The van der Waals surface area contributed by atoms with Gasteiger partial charge in [-0.15, -0.1) is 0 Å². The van der Waals surface area contributed by atoms with Crippen molar-refractivity contribution >= 4 is 5.91 Å². The van der Waals surface area contributed by atoms with E-state index in [0.717, 1.165) is 41.8 Å². The lowest BCUT2D eigenvalue weighted by Crippen LogP contribution is -2.27. The lowest BCUT2D eigenvalue weighted by Gasteiger charge is -2.26. The van der Waals surface area contributed by atoms with Crippen molar-refractivity contribution < 1.29 is 9.53 Å². The van der Waals surface area contributed by atoms with Crippen LogP contribution in [-0.4, -0.2) is 36.7 Å². The molecule has 3 heterocycles. The quantitative estimate of drug-likeness (QED) is 0.646. The number of hydrogen-bond donors (Lipinski definition) is 0. The summed E-state index contributed by atoms with van der Waals surface area (Å²) >= 11 is 0. The van der Waals surface area contributed by atoms with Gasteiger partial charge in [0.2, 0.25) is 5.88 Å². The van der Waals surface area contributed by atoms with Gasteiger partial charge in [0.25, 0.3) is 5.91 Å². The van der Waals surface area contributed by atoms with Crippen LogP contribution in [0.25, 0.3) is 11.1 Å². The van der Waals surface area contributed by atoms with Crippen LogP contribution in [0.3, 0.4) is 0 Å². The van der Waals surface area contributed by atoms with Crippen molar-refractivity contribution in [2.24, 2.45) is 0 Å². The predicted molar refractivity (Wildman–Crippen MR) is 107 cm³/mol. The van der Waals surface area contributed by atoms with E-state index in [1.165, 1.54) is 12.7 Å². The van der Waals surface area contributed by atoms with E-state index in [1.807, 2.05) is 17.1 Å². The standard InChI is InChI=1S/C22H23N5O2/c1-2-27-12-17(10-25-27)16-8-6-15(7-9-16)11-26-13-19-20(22(26)28)21(24-14-23-19)29-18-4-3-5-18/h6-10,12,14,18H,2-5,11,13H2,1H3. The number of rotatable bonds is 6. The van der Waals surface area contributed by atoms with Gasteiger partial charge < -0.3 is 9.64 Å². The summed E-state index contributed by atoms with van der Waals surface area (Å²) in [6.45, 7) is 3.94. The van der Waals surface area contributed by atoms with Crippen LogP contribution < -0.4 is 4.74 Å². The number of benzene rings is 1. The molecule has 0 spiro atoms. The average molecular weight is 389 g/mol. The molecule has 29 heavy (non-hydrogen) atoms. The molecule has 1 fully saturated rings. The van der Waals surface area contributed by atoms with E-state index in [1.54, 1.807) is 4.90 Å². The number of ether oxygens (including phenoxy) is 1. The van der Waals surface area contributed by atoms with E-state index >= 15 is 0 Å². The largest absolute Gasteiger partial charge is 0.474 e. The smallest absolute Gasteiger partial charge is 0.261 e. The lowest BCUT2D eigenvalue weighted by atomic mass is 9.96. The Labute approximate surface area is 169 Å². The highest BCUT2D eigenvalue weighted by Crippen LogP contribution is 2.32. The van der Waals surface area contributed by atoms with Crippen molar-refractivity contribution in [2.45, 2.75) is 51.9 Å². The Morgan fingerprint density at radius 2 is 1.97 bits per heavy atom. The maximum absolute atomic E-state index is 13.0. The highest BCUT2D eigenvalue weighted by Gasteiger charge is 2.34. The van der Waals surface area contributed by atoms with E-state index in [0.29, 0.717) is 24.5 Å². The van der Waals surface area contributed by atoms with Crippen LogP contribution in [0.2, 0.25) is 0 Å². The molecule has 1 saturated carbocycles. The molecule has 2 aliphatic rings. The predicted octanol–water partition coefficient (Wildman–Crippen LogP) is 3.45. The molecule has 0 N–H and O–H groups in total. The number of amides is 1. The summed E-state index contributed by atoms with van der Waals surface area (Å²) in [6.07, 6.45) is 8.82. The number of aryl methyl sites for hydroxylation is 1. The maximum Gasteiger partial charge on any atom is 0.261 e. The van der Waals surface area contributed by atoms with Crippen molar-refractivity contribution in [1.29, 1.82) is 0 Å². The number of carbonyl (C=O) groups excluding carboxylic acids is 1. The fourth-order valence-electron chi connectivity index (χ4n) is 3.72. The molecular formula is C22H23N5O2. The van der Waals surface area contributed by atoms with Gasteiger partial charge in [0.15, 0.2) is 0 Å². The minimum Gasteiger partial charge on any atom is -0.474 e. The summed E-state index contributed by atoms with van der Waals surface area (Å²) in [5.74, 6) is 0.388. The molecular weight excluding hydrogens is 366 g/mol. The molecule has 0 bridgehead atoms. The van der Waals surface area contributed by atoms with Crippen LogP contribution in [0, 0.1) is 0 Å². The van der Waals surface area contributed by atoms with E-state index in [4.69, 9.17) is 4.74 Å². The Balaban J connectivity index is 1.30. The molecule has 3 aromatic rings. The molecule has 1 aliphatic heterocycles. The Bertz CT molecular complexity index is 1040. The van der Waals surface area contributed by atoms with Gasteiger partial charge >= 0.3 is 0 Å². The SMILES string of the molecule is CCn1cc(-c2ccc(CN3Cc4ncnc(OC5CCC5)c4C3=O)cc2)cn1. The zero-order valence-electron chi connectivity index (χ0n) is 16.4. The van der Waals surface area contributed by atoms with Gasteiger partial charge in [-0.25, -0.2) is 9.97 Å². The number of hydrogen-bond acceptors (Lipinski definition) is 5. The Morgan fingerprint density at radius 3 is 2.66 bits per heavy atom. The van der Waals surface area contributed by atoms with Gasteiger partial charge in [-0.05, 0) is 37.3 Å². The van der Waals surface area contributed by atoms with Gasteiger partial charge in [0.05, 0.1) is 18.4 Å². The first-order valence-corrected chi connectivity index (χ1v) is 10.1.